The number of aromatic nitrogens is 2. The standard InChI is InChI=1S/C23H28N4O/c1-23-10-9-19-18-6-4-17(28)11-16(18)3-5-20(19)21(23)7-8-22(23)26-24-12-15-13-25-27(2)14-15/h4,6,11-14,19-21,28H,3,5,7-10H2,1-2H3/b24-12+,26-22+. The molecule has 3 aliphatic rings. The zero-order valence-electron chi connectivity index (χ0n) is 16.7. The molecule has 1 aromatic carbocycles. The number of benzene rings is 1. The number of hydrogen-bond acceptors (Lipinski definition) is 4. The summed E-state index contributed by atoms with van der Waals surface area (Å²) < 4.78 is 1.78. The first-order chi connectivity index (χ1) is 13.5. The van der Waals surface area contributed by atoms with Crippen LogP contribution in [0.5, 0.6) is 5.75 Å². The molecule has 5 nitrogen and oxygen atoms in total. The molecule has 2 aromatic rings. The fraction of sp³-hybridized carbons (Fsp3) is 0.522. The minimum Gasteiger partial charge on any atom is -0.508 e. The minimum absolute atomic E-state index is 0.182. The number of aromatic hydroxyl groups is 1. The summed E-state index contributed by atoms with van der Waals surface area (Å²) in [6.45, 7) is 2.42. The van der Waals surface area contributed by atoms with Crippen LogP contribution in [0.3, 0.4) is 0 Å². The summed E-state index contributed by atoms with van der Waals surface area (Å²) in [6.07, 6.45) is 12.6. The molecular formula is C23H28N4O. The second-order valence-electron chi connectivity index (χ2n) is 9.03. The molecule has 4 unspecified atom stereocenters. The maximum absolute atomic E-state index is 9.84. The van der Waals surface area contributed by atoms with Gasteiger partial charge in [0.15, 0.2) is 0 Å². The van der Waals surface area contributed by atoms with E-state index in [0.29, 0.717) is 17.6 Å². The van der Waals surface area contributed by atoms with Gasteiger partial charge in [0.2, 0.25) is 0 Å². The van der Waals surface area contributed by atoms with Gasteiger partial charge in [-0.2, -0.15) is 15.3 Å². The lowest BCUT2D eigenvalue weighted by Gasteiger charge is -2.49. The highest BCUT2D eigenvalue weighted by Gasteiger charge is 2.53. The van der Waals surface area contributed by atoms with E-state index in [1.165, 1.54) is 42.5 Å². The predicted octanol–water partition coefficient (Wildman–Crippen LogP) is 4.46. The van der Waals surface area contributed by atoms with Crippen LogP contribution in [0.2, 0.25) is 0 Å². The van der Waals surface area contributed by atoms with Crippen LogP contribution in [0.1, 0.15) is 61.6 Å². The molecule has 0 amide bonds. The molecule has 0 bridgehead atoms. The van der Waals surface area contributed by atoms with Crippen LogP contribution in [0, 0.1) is 17.3 Å². The number of fused-ring (bicyclic) bond motifs is 5. The third-order valence-corrected chi connectivity index (χ3v) is 7.56. The van der Waals surface area contributed by atoms with Crippen LogP contribution in [-0.2, 0) is 13.5 Å². The molecule has 2 fully saturated rings. The second-order valence-corrected chi connectivity index (χ2v) is 9.03. The van der Waals surface area contributed by atoms with Gasteiger partial charge in [-0.1, -0.05) is 13.0 Å². The van der Waals surface area contributed by atoms with Crippen LogP contribution < -0.4 is 0 Å². The van der Waals surface area contributed by atoms with Crippen molar-refractivity contribution >= 4 is 11.9 Å². The van der Waals surface area contributed by atoms with Crippen molar-refractivity contribution in [2.75, 3.05) is 0 Å². The van der Waals surface area contributed by atoms with Gasteiger partial charge < -0.3 is 5.11 Å². The lowest BCUT2D eigenvalue weighted by molar-refractivity contribution is 0.0955. The largest absolute Gasteiger partial charge is 0.508 e. The highest BCUT2D eigenvalue weighted by Crippen LogP contribution is 2.60. The van der Waals surface area contributed by atoms with E-state index in [0.717, 1.165) is 24.3 Å². The van der Waals surface area contributed by atoms with Gasteiger partial charge in [-0.25, -0.2) is 0 Å². The fourth-order valence-corrected chi connectivity index (χ4v) is 6.19. The van der Waals surface area contributed by atoms with E-state index < -0.39 is 0 Å². The number of hydrogen-bond donors (Lipinski definition) is 1. The third-order valence-electron chi connectivity index (χ3n) is 7.56. The Bertz CT molecular complexity index is 959. The Morgan fingerprint density at radius 2 is 2.14 bits per heavy atom. The van der Waals surface area contributed by atoms with Crippen molar-refractivity contribution in [3.63, 3.8) is 0 Å². The summed E-state index contributed by atoms with van der Waals surface area (Å²) in [4.78, 5) is 0. The highest BCUT2D eigenvalue weighted by atomic mass is 16.3. The van der Waals surface area contributed by atoms with Crippen molar-refractivity contribution in [2.24, 2.45) is 34.5 Å². The van der Waals surface area contributed by atoms with Gasteiger partial charge in [-0.15, -0.1) is 0 Å². The minimum atomic E-state index is 0.182. The highest BCUT2D eigenvalue weighted by molar-refractivity contribution is 5.93. The van der Waals surface area contributed by atoms with Gasteiger partial charge in [0.05, 0.1) is 12.4 Å². The van der Waals surface area contributed by atoms with Gasteiger partial charge in [-0.3, -0.25) is 4.68 Å². The number of phenols is 1. The average Bonchev–Trinajstić information content (AvgIpc) is 3.24. The molecule has 28 heavy (non-hydrogen) atoms. The first-order valence-corrected chi connectivity index (χ1v) is 10.5. The van der Waals surface area contributed by atoms with Crippen molar-refractivity contribution in [2.45, 2.75) is 51.4 Å². The van der Waals surface area contributed by atoms with Gasteiger partial charge in [0, 0.05) is 29.9 Å². The number of rotatable bonds is 2. The summed E-state index contributed by atoms with van der Waals surface area (Å²) in [6, 6.07) is 6.02. The third kappa shape index (κ3) is 2.79. The molecule has 0 saturated heterocycles. The van der Waals surface area contributed by atoms with Crippen LogP contribution >= 0.6 is 0 Å². The predicted molar refractivity (Wildman–Crippen MR) is 111 cm³/mol. The van der Waals surface area contributed by atoms with Gasteiger partial charge in [0.1, 0.15) is 5.75 Å². The van der Waals surface area contributed by atoms with Gasteiger partial charge in [0.25, 0.3) is 0 Å². The van der Waals surface area contributed by atoms with Gasteiger partial charge in [-0.05, 0) is 79.5 Å². The molecule has 1 aromatic heterocycles. The van der Waals surface area contributed by atoms with Crippen molar-refractivity contribution in [1.82, 2.24) is 9.78 Å². The Labute approximate surface area is 166 Å². The smallest absolute Gasteiger partial charge is 0.115 e. The van der Waals surface area contributed by atoms with Crippen LogP contribution in [0.25, 0.3) is 0 Å². The molecule has 4 atom stereocenters. The number of aryl methyl sites for hydroxylation is 2. The van der Waals surface area contributed by atoms with E-state index in [2.05, 4.69) is 23.2 Å². The van der Waals surface area contributed by atoms with Gasteiger partial charge >= 0.3 is 0 Å². The normalized spacial score (nSPS) is 33.1. The van der Waals surface area contributed by atoms with E-state index in [4.69, 9.17) is 5.10 Å². The van der Waals surface area contributed by atoms with E-state index >= 15 is 0 Å². The Kier molecular flexibility index (Phi) is 4.14. The summed E-state index contributed by atoms with van der Waals surface area (Å²) in [7, 11) is 1.91. The molecule has 0 aliphatic heterocycles. The van der Waals surface area contributed by atoms with E-state index in [1.54, 1.807) is 4.68 Å². The monoisotopic (exact) mass is 376 g/mol. The Morgan fingerprint density at radius 3 is 2.96 bits per heavy atom. The SMILES string of the molecule is Cn1cc(/C=N/N=C2\CCC3C4CCc5cc(O)ccc5C4CCC23C)cn1. The average molecular weight is 377 g/mol. The Morgan fingerprint density at radius 1 is 1.25 bits per heavy atom. The molecule has 0 spiro atoms. The maximum Gasteiger partial charge on any atom is 0.115 e. The summed E-state index contributed by atoms with van der Waals surface area (Å²) in [5.74, 6) is 2.46. The molecule has 2 saturated carbocycles. The van der Waals surface area contributed by atoms with E-state index in [9.17, 15) is 5.11 Å². The first-order valence-electron chi connectivity index (χ1n) is 10.5. The molecule has 0 radical (unpaired) electrons. The van der Waals surface area contributed by atoms with Crippen LogP contribution in [-0.4, -0.2) is 26.8 Å². The molecule has 1 heterocycles. The van der Waals surface area contributed by atoms with E-state index in [1.807, 2.05) is 37.8 Å². The maximum atomic E-state index is 9.84. The fourth-order valence-electron chi connectivity index (χ4n) is 6.19. The number of nitrogens with zero attached hydrogens (tertiary/aromatic N) is 4. The lowest BCUT2D eigenvalue weighted by atomic mass is 9.55. The zero-order valence-corrected chi connectivity index (χ0v) is 16.7. The Hall–Kier alpha value is -2.43. The van der Waals surface area contributed by atoms with Crippen molar-refractivity contribution in [3.8, 4) is 5.75 Å². The zero-order chi connectivity index (χ0) is 19.3. The first kappa shape index (κ1) is 17.7. The van der Waals surface area contributed by atoms with Crippen molar-refractivity contribution in [1.29, 1.82) is 0 Å². The molecule has 146 valence electrons. The molecule has 5 rings (SSSR count). The van der Waals surface area contributed by atoms with E-state index in [-0.39, 0.29) is 5.41 Å². The quantitative estimate of drug-likeness (QED) is 0.621. The molecule has 5 heteroatoms. The lowest BCUT2D eigenvalue weighted by Crippen LogP contribution is -2.42. The van der Waals surface area contributed by atoms with Crippen LogP contribution in [0.4, 0.5) is 0 Å². The summed E-state index contributed by atoms with van der Waals surface area (Å²) in [5, 5.41) is 23.1. The topological polar surface area (TPSA) is 62.8 Å². The second kappa shape index (κ2) is 6.57. The van der Waals surface area contributed by atoms with Crippen molar-refractivity contribution in [3.05, 3.63) is 47.3 Å². The number of phenolic OH excluding ortho intramolecular Hbond substituents is 1. The molecule has 3 aliphatic carbocycles. The van der Waals surface area contributed by atoms with Crippen molar-refractivity contribution < 1.29 is 5.11 Å². The summed E-state index contributed by atoms with van der Waals surface area (Å²) in [5.41, 5.74) is 5.30. The Balaban J connectivity index is 1.39. The molecular weight excluding hydrogens is 348 g/mol. The van der Waals surface area contributed by atoms with Crippen LogP contribution in [0.15, 0.2) is 40.8 Å². The summed E-state index contributed by atoms with van der Waals surface area (Å²) >= 11 is 0. The molecule has 1 N–H and O–H groups in total.